The van der Waals surface area contributed by atoms with Crippen LogP contribution in [0.25, 0.3) is 11.1 Å². The van der Waals surface area contributed by atoms with Crippen LogP contribution in [0, 0.1) is 0 Å². The first kappa shape index (κ1) is 17.8. The van der Waals surface area contributed by atoms with Crippen molar-refractivity contribution in [2.24, 2.45) is 5.16 Å². The van der Waals surface area contributed by atoms with E-state index in [4.69, 9.17) is 0 Å². The van der Waals surface area contributed by atoms with E-state index in [9.17, 15) is 15.1 Å². The Balaban J connectivity index is 1.75. The Morgan fingerprint density at radius 3 is 2.12 bits per heavy atom. The summed E-state index contributed by atoms with van der Waals surface area (Å²) in [6.07, 6.45) is 0. The minimum absolute atomic E-state index is 0.245. The van der Waals surface area contributed by atoms with Crippen LogP contribution in [-0.2, 0) is 0 Å². The van der Waals surface area contributed by atoms with E-state index >= 15 is 0 Å². The lowest BCUT2D eigenvalue weighted by Gasteiger charge is -2.08. The number of aromatic carboxylic acids is 1. The van der Waals surface area contributed by atoms with Gasteiger partial charge in [-0.15, -0.1) is 11.8 Å². The lowest BCUT2D eigenvalue weighted by Crippen LogP contribution is -2.06. The summed E-state index contributed by atoms with van der Waals surface area (Å²) >= 11 is 1.33. The molecule has 3 aromatic rings. The van der Waals surface area contributed by atoms with Crippen molar-refractivity contribution in [2.45, 2.75) is 4.90 Å². The number of thioether (sulfide) groups is 1. The normalized spacial score (nSPS) is 11.3. The number of benzene rings is 3. The van der Waals surface area contributed by atoms with Gasteiger partial charge in [0, 0.05) is 16.2 Å². The Hall–Kier alpha value is -3.05. The van der Waals surface area contributed by atoms with Crippen molar-refractivity contribution >= 4 is 23.4 Å². The molecule has 0 heterocycles. The maximum absolute atomic E-state index is 11.3. The summed E-state index contributed by atoms with van der Waals surface area (Å²) in [6.45, 7) is 0. The van der Waals surface area contributed by atoms with Crippen molar-refractivity contribution in [1.29, 1.82) is 0 Å². The first-order valence-electron chi connectivity index (χ1n) is 8.01. The zero-order valence-electron chi connectivity index (χ0n) is 13.9. The molecule has 0 unspecified atom stereocenters. The molecule has 0 radical (unpaired) electrons. The van der Waals surface area contributed by atoms with Crippen LogP contribution in [0.5, 0.6) is 0 Å². The van der Waals surface area contributed by atoms with Gasteiger partial charge in [0.25, 0.3) is 0 Å². The molecule has 5 heteroatoms. The fourth-order valence-corrected chi connectivity index (χ4v) is 3.57. The Morgan fingerprint density at radius 1 is 0.846 bits per heavy atom. The van der Waals surface area contributed by atoms with Crippen molar-refractivity contribution in [1.82, 2.24) is 0 Å². The Labute approximate surface area is 155 Å². The topological polar surface area (TPSA) is 69.9 Å². The molecule has 26 heavy (non-hydrogen) atoms. The van der Waals surface area contributed by atoms with Crippen molar-refractivity contribution in [2.75, 3.05) is 5.75 Å². The van der Waals surface area contributed by atoms with Crippen LogP contribution in [0.2, 0.25) is 0 Å². The zero-order valence-corrected chi connectivity index (χ0v) is 14.7. The van der Waals surface area contributed by atoms with Crippen molar-refractivity contribution in [3.8, 4) is 11.1 Å². The predicted octanol–water partition coefficient (Wildman–Crippen LogP) is 5.02. The molecule has 0 saturated heterocycles. The van der Waals surface area contributed by atoms with E-state index in [2.05, 4.69) is 5.16 Å². The summed E-state index contributed by atoms with van der Waals surface area (Å²) in [4.78, 5) is 11.9. The lowest BCUT2D eigenvalue weighted by atomic mass is 10.0. The van der Waals surface area contributed by atoms with Crippen LogP contribution in [0.1, 0.15) is 15.9 Å². The summed E-state index contributed by atoms with van der Waals surface area (Å²) < 4.78 is 0. The van der Waals surface area contributed by atoms with Crippen molar-refractivity contribution < 1.29 is 15.1 Å². The molecule has 0 aliphatic carbocycles. The van der Waals surface area contributed by atoms with E-state index in [0.717, 1.165) is 16.7 Å². The van der Waals surface area contributed by atoms with Gasteiger partial charge in [-0.1, -0.05) is 71.9 Å². The van der Waals surface area contributed by atoms with Gasteiger partial charge >= 0.3 is 5.97 Å². The number of hydrogen-bond acceptors (Lipinski definition) is 4. The average molecular weight is 363 g/mol. The molecule has 4 nitrogen and oxygen atoms in total. The van der Waals surface area contributed by atoms with Crippen LogP contribution in [0.15, 0.2) is 88.9 Å². The second kappa shape index (κ2) is 8.36. The van der Waals surface area contributed by atoms with Gasteiger partial charge in [-0.25, -0.2) is 4.79 Å². The van der Waals surface area contributed by atoms with E-state index in [1.165, 1.54) is 11.8 Å². The van der Waals surface area contributed by atoms with E-state index in [0.29, 0.717) is 16.4 Å². The number of carbonyl (C=O) groups is 1. The van der Waals surface area contributed by atoms with Crippen LogP contribution in [0.4, 0.5) is 0 Å². The Morgan fingerprint density at radius 2 is 1.46 bits per heavy atom. The van der Waals surface area contributed by atoms with Gasteiger partial charge in [0.15, 0.2) is 0 Å². The number of hydrogen-bond donors (Lipinski definition) is 2. The molecule has 0 spiro atoms. The fraction of sp³-hybridized carbons (Fsp3) is 0.0476. The van der Waals surface area contributed by atoms with Gasteiger partial charge in [-0.3, -0.25) is 0 Å². The number of carboxylic acid groups (broad SMARTS) is 1. The standard InChI is InChI=1S/C21H17NO3S/c23-21(24)18-8-4-5-9-20(18)26-14-19(22-25)17-12-10-16(11-13-17)15-6-2-1-3-7-15/h1-13,25H,14H2,(H,23,24)/b22-19+. The number of oxime groups is 1. The third-order valence-electron chi connectivity index (χ3n) is 3.93. The minimum atomic E-state index is -0.970. The molecule has 0 aliphatic heterocycles. The smallest absolute Gasteiger partial charge is 0.336 e. The van der Waals surface area contributed by atoms with Crippen molar-refractivity contribution in [3.05, 3.63) is 90.0 Å². The maximum Gasteiger partial charge on any atom is 0.336 e. The molecule has 3 rings (SSSR count). The highest BCUT2D eigenvalue weighted by Crippen LogP contribution is 2.25. The molecule has 0 aromatic heterocycles. The van der Waals surface area contributed by atoms with Crippen LogP contribution < -0.4 is 0 Å². The third-order valence-corrected chi connectivity index (χ3v) is 5.01. The Bertz CT molecular complexity index is 922. The molecular formula is C21H17NO3S. The predicted molar refractivity (Wildman–Crippen MR) is 104 cm³/mol. The highest BCUT2D eigenvalue weighted by atomic mass is 32.2. The first-order valence-corrected chi connectivity index (χ1v) is 8.99. The molecule has 0 fully saturated rings. The average Bonchev–Trinajstić information content (AvgIpc) is 2.70. The van der Waals surface area contributed by atoms with Gasteiger partial charge in [0.05, 0.1) is 11.3 Å². The van der Waals surface area contributed by atoms with Crippen LogP contribution in [-0.4, -0.2) is 27.7 Å². The summed E-state index contributed by atoms with van der Waals surface area (Å²) in [6, 6.07) is 24.6. The van der Waals surface area contributed by atoms with Crippen molar-refractivity contribution in [3.63, 3.8) is 0 Å². The first-order chi connectivity index (χ1) is 12.7. The quantitative estimate of drug-likeness (QED) is 0.279. The second-order valence-electron chi connectivity index (χ2n) is 5.58. The molecular weight excluding hydrogens is 346 g/mol. The van der Waals surface area contributed by atoms with E-state index in [-0.39, 0.29) is 5.56 Å². The van der Waals surface area contributed by atoms with Crippen LogP contribution >= 0.6 is 11.8 Å². The molecule has 0 bridgehead atoms. The molecule has 0 aliphatic rings. The summed E-state index contributed by atoms with van der Waals surface area (Å²) in [5.41, 5.74) is 3.73. The van der Waals surface area contributed by atoms with E-state index in [1.807, 2.05) is 54.6 Å². The third kappa shape index (κ3) is 4.13. The molecule has 0 atom stereocenters. The van der Waals surface area contributed by atoms with Gasteiger partial charge in [0.1, 0.15) is 0 Å². The largest absolute Gasteiger partial charge is 0.478 e. The summed E-state index contributed by atoms with van der Waals surface area (Å²) in [7, 11) is 0. The van der Waals surface area contributed by atoms with E-state index < -0.39 is 5.97 Å². The SMILES string of the molecule is O=C(O)c1ccccc1SC/C(=N\O)c1ccc(-c2ccccc2)cc1. The fourth-order valence-electron chi connectivity index (χ4n) is 2.57. The number of nitrogens with zero attached hydrogens (tertiary/aromatic N) is 1. The minimum Gasteiger partial charge on any atom is -0.478 e. The number of carboxylic acids is 1. The molecule has 3 aromatic carbocycles. The summed E-state index contributed by atoms with van der Waals surface area (Å²) in [5.74, 6) is -0.603. The second-order valence-corrected chi connectivity index (χ2v) is 6.60. The molecule has 2 N–H and O–H groups in total. The zero-order chi connectivity index (χ0) is 18.4. The van der Waals surface area contributed by atoms with Crippen LogP contribution in [0.3, 0.4) is 0 Å². The molecule has 0 saturated carbocycles. The Kier molecular flexibility index (Phi) is 5.71. The van der Waals surface area contributed by atoms with Gasteiger partial charge in [0.2, 0.25) is 0 Å². The van der Waals surface area contributed by atoms with E-state index in [1.54, 1.807) is 24.3 Å². The highest BCUT2D eigenvalue weighted by molar-refractivity contribution is 8.00. The molecule has 130 valence electrons. The van der Waals surface area contributed by atoms with Gasteiger partial charge in [-0.2, -0.15) is 0 Å². The lowest BCUT2D eigenvalue weighted by molar-refractivity contribution is 0.0693. The van der Waals surface area contributed by atoms with Gasteiger partial charge in [-0.05, 0) is 23.3 Å². The monoisotopic (exact) mass is 363 g/mol. The number of rotatable bonds is 6. The maximum atomic E-state index is 11.3. The highest BCUT2D eigenvalue weighted by Gasteiger charge is 2.12. The summed E-state index contributed by atoms with van der Waals surface area (Å²) in [5, 5.41) is 22.0. The van der Waals surface area contributed by atoms with Gasteiger partial charge < -0.3 is 10.3 Å². The molecule has 0 amide bonds.